The molecule has 4 heteroatoms. The Morgan fingerprint density at radius 2 is 1.17 bits per heavy atom. The van der Waals surface area contributed by atoms with Crippen molar-refractivity contribution < 1.29 is 18.9 Å². The van der Waals surface area contributed by atoms with Gasteiger partial charge in [0.25, 0.3) is 0 Å². The van der Waals surface area contributed by atoms with Crippen LogP contribution in [0.25, 0.3) is 33.4 Å². The predicted molar refractivity (Wildman–Crippen MR) is 138 cm³/mol. The first-order valence-corrected chi connectivity index (χ1v) is 12.1. The molecule has 0 radical (unpaired) electrons. The van der Waals surface area contributed by atoms with Gasteiger partial charge in [0.1, 0.15) is 36.9 Å². The molecule has 0 bridgehead atoms. The van der Waals surface area contributed by atoms with E-state index in [0.29, 0.717) is 13.2 Å². The van der Waals surface area contributed by atoms with E-state index in [1.54, 1.807) is 0 Å². The Labute approximate surface area is 206 Å². The minimum atomic E-state index is 0.220. The van der Waals surface area contributed by atoms with Gasteiger partial charge in [-0.15, -0.1) is 0 Å². The highest BCUT2D eigenvalue weighted by Crippen LogP contribution is 2.38. The molecule has 0 aliphatic carbocycles. The fraction of sp³-hybridized carbons (Fsp3) is 0.226. The average Bonchev–Trinajstić information content (AvgIpc) is 3.83. The van der Waals surface area contributed by atoms with Crippen LogP contribution in [0.5, 0.6) is 11.5 Å². The highest BCUT2D eigenvalue weighted by molar-refractivity contribution is 5.80. The molecule has 2 aliphatic heterocycles. The van der Waals surface area contributed by atoms with Gasteiger partial charge in [0.2, 0.25) is 0 Å². The first kappa shape index (κ1) is 21.9. The molecule has 0 amide bonds. The lowest BCUT2D eigenvalue weighted by Gasteiger charge is -2.17. The Kier molecular flexibility index (Phi) is 5.99. The predicted octanol–water partition coefficient (Wildman–Crippen LogP) is 6.55. The number of ether oxygens (including phenoxy) is 4. The highest BCUT2D eigenvalue weighted by atomic mass is 16.6. The molecular formula is C31H28O4. The Hall–Kier alpha value is -3.60. The van der Waals surface area contributed by atoms with E-state index in [0.717, 1.165) is 41.4 Å². The normalized spacial score (nSPS) is 18.2. The summed E-state index contributed by atoms with van der Waals surface area (Å²) < 4.78 is 22.5. The number of aryl methyl sites for hydroxylation is 1. The number of hydrogen-bond acceptors (Lipinski definition) is 4. The number of hydrogen-bond donors (Lipinski definition) is 0. The molecule has 6 rings (SSSR count). The quantitative estimate of drug-likeness (QED) is 0.263. The van der Waals surface area contributed by atoms with Gasteiger partial charge in [0, 0.05) is 5.56 Å². The van der Waals surface area contributed by atoms with Crippen LogP contribution in [0.15, 0.2) is 91.0 Å². The van der Waals surface area contributed by atoms with Gasteiger partial charge in [-0.25, -0.2) is 0 Å². The standard InChI is InChI=1S/C31H28O4/c1-21-15-26(16-30(25-5-3-2-4-6-25)31(21)35-20-29-19-34-29)24-9-7-22(8-10-24)23-11-13-27(14-12-23)32-17-28-18-33-28/h2-16,28-29H,17-20H2,1H3. The van der Waals surface area contributed by atoms with Crippen molar-refractivity contribution in [3.8, 4) is 44.9 Å². The third kappa shape index (κ3) is 5.24. The fourth-order valence-electron chi connectivity index (χ4n) is 4.26. The van der Waals surface area contributed by atoms with Crippen LogP contribution in [-0.4, -0.2) is 38.6 Å². The van der Waals surface area contributed by atoms with Gasteiger partial charge in [-0.2, -0.15) is 0 Å². The lowest BCUT2D eigenvalue weighted by Crippen LogP contribution is -2.06. The summed E-state index contributed by atoms with van der Waals surface area (Å²) in [7, 11) is 0. The van der Waals surface area contributed by atoms with Crippen molar-refractivity contribution in [1.29, 1.82) is 0 Å². The molecule has 0 N–H and O–H groups in total. The Balaban J connectivity index is 1.26. The maximum absolute atomic E-state index is 6.22. The minimum Gasteiger partial charge on any atom is -0.491 e. The summed E-state index contributed by atoms with van der Waals surface area (Å²) in [6, 6.07) is 31.8. The molecule has 2 unspecified atom stereocenters. The second-order valence-corrected chi connectivity index (χ2v) is 9.17. The lowest BCUT2D eigenvalue weighted by atomic mass is 9.94. The maximum Gasteiger partial charge on any atom is 0.130 e. The van der Waals surface area contributed by atoms with Crippen molar-refractivity contribution in [3.63, 3.8) is 0 Å². The first-order chi connectivity index (χ1) is 17.2. The molecule has 2 fully saturated rings. The molecule has 0 aromatic heterocycles. The zero-order chi connectivity index (χ0) is 23.6. The lowest BCUT2D eigenvalue weighted by molar-refractivity contribution is 0.262. The van der Waals surface area contributed by atoms with E-state index >= 15 is 0 Å². The Bertz CT molecular complexity index is 1290. The average molecular weight is 465 g/mol. The highest BCUT2D eigenvalue weighted by Gasteiger charge is 2.24. The van der Waals surface area contributed by atoms with Crippen LogP contribution in [0.3, 0.4) is 0 Å². The summed E-state index contributed by atoms with van der Waals surface area (Å²) in [5.74, 6) is 1.81. The van der Waals surface area contributed by atoms with Crippen molar-refractivity contribution in [2.45, 2.75) is 19.1 Å². The zero-order valence-corrected chi connectivity index (χ0v) is 19.8. The minimum absolute atomic E-state index is 0.220. The molecule has 35 heavy (non-hydrogen) atoms. The second kappa shape index (κ2) is 9.57. The Morgan fingerprint density at radius 1 is 0.629 bits per heavy atom. The van der Waals surface area contributed by atoms with Crippen molar-refractivity contribution in [2.75, 3.05) is 26.4 Å². The maximum atomic E-state index is 6.22. The van der Waals surface area contributed by atoms with E-state index in [9.17, 15) is 0 Å². The second-order valence-electron chi connectivity index (χ2n) is 9.17. The Morgan fingerprint density at radius 3 is 1.77 bits per heavy atom. The van der Waals surface area contributed by atoms with E-state index in [1.807, 2.05) is 18.2 Å². The smallest absolute Gasteiger partial charge is 0.130 e. The third-order valence-corrected chi connectivity index (χ3v) is 6.42. The first-order valence-electron chi connectivity index (χ1n) is 12.1. The van der Waals surface area contributed by atoms with E-state index < -0.39 is 0 Å². The zero-order valence-electron chi connectivity index (χ0n) is 19.8. The van der Waals surface area contributed by atoms with Gasteiger partial charge < -0.3 is 18.9 Å². The molecule has 2 heterocycles. The summed E-state index contributed by atoms with van der Waals surface area (Å²) in [6.45, 7) is 4.92. The van der Waals surface area contributed by atoms with Crippen LogP contribution < -0.4 is 9.47 Å². The van der Waals surface area contributed by atoms with Crippen molar-refractivity contribution >= 4 is 0 Å². The number of benzene rings is 4. The fourth-order valence-corrected chi connectivity index (χ4v) is 4.26. The molecule has 4 aromatic carbocycles. The van der Waals surface area contributed by atoms with Crippen molar-refractivity contribution in [1.82, 2.24) is 0 Å². The number of rotatable bonds is 9. The van der Waals surface area contributed by atoms with Crippen molar-refractivity contribution in [2.24, 2.45) is 0 Å². The van der Waals surface area contributed by atoms with Gasteiger partial charge >= 0.3 is 0 Å². The van der Waals surface area contributed by atoms with Gasteiger partial charge in [-0.3, -0.25) is 0 Å². The van der Waals surface area contributed by atoms with Gasteiger partial charge in [-0.05, 0) is 64.6 Å². The molecule has 4 aromatic rings. The monoisotopic (exact) mass is 464 g/mol. The molecular weight excluding hydrogens is 436 g/mol. The molecule has 0 saturated carbocycles. The third-order valence-electron chi connectivity index (χ3n) is 6.42. The van der Waals surface area contributed by atoms with Crippen LogP contribution in [0, 0.1) is 6.92 Å². The SMILES string of the molecule is Cc1cc(-c2ccc(-c3ccc(OCC4CO4)cc3)cc2)cc(-c2ccccc2)c1OCC1CO1. The van der Waals surface area contributed by atoms with Crippen LogP contribution in [0.2, 0.25) is 0 Å². The van der Waals surface area contributed by atoms with Crippen LogP contribution >= 0.6 is 0 Å². The van der Waals surface area contributed by atoms with Gasteiger partial charge in [0.05, 0.1) is 13.2 Å². The molecule has 176 valence electrons. The van der Waals surface area contributed by atoms with E-state index in [1.165, 1.54) is 22.3 Å². The molecule has 2 atom stereocenters. The molecule has 4 nitrogen and oxygen atoms in total. The summed E-state index contributed by atoms with van der Waals surface area (Å²) in [5, 5.41) is 0. The van der Waals surface area contributed by atoms with E-state index in [2.05, 4.69) is 79.7 Å². The molecule has 2 aliphatic rings. The topological polar surface area (TPSA) is 43.5 Å². The number of epoxide rings is 2. The van der Waals surface area contributed by atoms with Crippen molar-refractivity contribution in [3.05, 3.63) is 96.6 Å². The summed E-state index contributed by atoms with van der Waals surface area (Å²) in [5.41, 5.74) is 8.07. The largest absolute Gasteiger partial charge is 0.491 e. The van der Waals surface area contributed by atoms with E-state index in [4.69, 9.17) is 18.9 Å². The molecule has 0 spiro atoms. The van der Waals surface area contributed by atoms with Gasteiger partial charge in [0.15, 0.2) is 0 Å². The van der Waals surface area contributed by atoms with Crippen LogP contribution in [0.1, 0.15) is 5.56 Å². The summed E-state index contributed by atoms with van der Waals surface area (Å²) >= 11 is 0. The summed E-state index contributed by atoms with van der Waals surface area (Å²) in [4.78, 5) is 0. The van der Waals surface area contributed by atoms with Crippen LogP contribution in [-0.2, 0) is 9.47 Å². The van der Waals surface area contributed by atoms with Gasteiger partial charge in [-0.1, -0.05) is 66.7 Å². The molecule has 2 saturated heterocycles. The van der Waals surface area contributed by atoms with Crippen LogP contribution in [0.4, 0.5) is 0 Å². The van der Waals surface area contributed by atoms with E-state index in [-0.39, 0.29) is 12.2 Å². The summed E-state index contributed by atoms with van der Waals surface area (Å²) in [6.07, 6.45) is 0.485.